The lowest BCUT2D eigenvalue weighted by atomic mass is 10.3. The van der Waals surface area contributed by atoms with Gasteiger partial charge < -0.3 is 15.4 Å². The van der Waals surface area contributed by atoms with Crippen molar-refractivity contribution in [2.24, 2.45) is 0 Å². The second kappa shape index (κ2) is 6.63. The van der Waals surface area contributed by atoms with Crippen LogP contribution in [0.15, 0.2) is 30.3 Å². The number of alkyl halides is 5. The van der Waals surface area contributed by atoms with E-state index >= 15 is 0 Å². The molecule has 0 bridgehead atoms. The maximum absolute atomic E-state index is 12.8. The monoisotopic (exact) mass is 334 g/mol. The molecule has 0 aliphatic rings. The Labute approximate surface area is 127 Å². The molecule has 5 nitrogen and oxygen atoms in total. The molecular formula is C13H11F5N4O. The van der Waals surface area contributed by atoms with Crippen molar-refractivity contribution in [3.8, 4) is 5.75 Å². The maximum atomic E-state index is 12.8. The van der Waals surface area contributed by atoms with E-state index in [9.17, 15) is 22.0 Å². The summed E-state index contributed by atoms with van der Waals surface area (Å²) in [7, 11) is 1.38. The summed E-state index contributed by atoms with van der Waals surface area (Å²) >= 11 is 0. The lowest BCUT2D eigenvalue weighted by Gasteiger charge is -2.12. The minimum absolute atomic E-state index is 0.0693. The summed E-state index contributed by atoms with van der Waals surface area (Å²) in [6.45, 7) is -2.96. The van der Waals surface area contributed by atoms with E-state index in [1.807, 2.05) is 0 Å². The highest BCUT2D eigenvalue weighted by atomic mass is 19.4. The zero-order valence-corrected chi connectivity index (χ0v) is 11.7. The van der Waals surface area contributed by atoms with Crippen LogP contribution in [-0.2, 0) is 6.18 Å². The molecule has 2 N–H and O–H groups in total. The Bertz CT molecular complexity index is 660. The number of aromatic nitrogens is 2. The molecule has 1 aromatic carbocycles. The molecule has 0 aliphatic carbocycles. The number of anilines is 3. The van der Waals surface area contributed by atoms with Crippen LogP contribution < -0.4 is 15.4 Å². The predicted octanol–water partition coefficient (Wildman–Crippen LogP) is 3.88. The number of halogens is 5. The Balaban J connectivity index is 2.22. The lowest BCUT2D eigenvalue weighted by Crippen LogP contribution is -2.12. The van der Waals surface area contributed by atoms with Crippen molar-refractivity contribution in [1.29, 1.82) is 0 Å². The standard InChI is InChI=1S/C13H11F5N4O/c1-19-12-21-9(13(16,17)18)6-10(22-12)20-7-2-4-8(5-3-7)23-11(14)15/h2-6,11H,1H3,(H2,19,20,21,22). The van der Waals surface area contributed by atoms with Gasteiger partial charge in [-0.1, -0.05) is 0 Å². The van der Waals surface area contributed by atoms with Crippen LogP contribution in [0.2, 0.25) is 0 Å². The molecule has 0 amide bonds. The van der Waals surface area contributed by atoms with E-state index in [2.05, 4.69) is 25.3 Å². The number of hydrogen-bond donors (Lipinski definition) is 2. The van der Waals surface area contributed by atoms with Crippen molar-refractivity contribution in [3.63, 3.8) is 0 Å². The Hall–Kier alpha value is -2.65. The topological polar surface area (TPSA) is 59.1 Å². The SMILES string of the molecule is CNc1nc(Nc2ccc(OC(F)F)cc2)cc(C(F)(F)F)n1. The van der Waals surface area contributed by atoms with Gasteiger partial charge in [0, 0.05) is 18.8 Å². The number of nitrogens with zero attached hydrogens (tertiary/aromatic N) is 2. The maximum Gasteiger partial charge on any atom is 0.433 e. The predicted molar refractivity (Wildman–Crippen MR) is 72.9 cm³/mol. The summed E-state index contributed by atoms with van der Waals surface area (Å²) in [5, 5.41) is 5.07. The van der Waals surface area contributed by atoms with Crippen molar-refractivity contribution < 1.29 is 26.7 Å². The van der Waals surface area contributed by atoms with Gasteiger partial charge in [-0.3, -0.25) is 0 Å². The van der Waals surface area contributed by atoms with Crippen LogP contribution in [0, 0.1) is 0 Å². The van der Waals surface area contributed by atoms with Crippen molar-refractivity contribution in [2.45, 2.75) is 12.8 Å². The van der Waals surface area contributed by atoms with Gasteiger partial charge >= 0.3 is 12.8 Å². The molecule has 0 saturated carbocycles. The Morgan fingerprint density at radius 2 is 1.74 bits per heavy atom. The van der Waals surface area contributed by atoms with Crippen LogP contribution in [0.3, 0.4) is 0 Å². The third-order valence-electron chi connectivity index (χ3n) is 2.59. The Morgan fingerprint density at radius 1 is 1.09 bits per heavy atom. The third kappa shape index (κ3) is 4.66. The summed E-state index contributed by atoms with van der Waals surface area (Å²) in [5.74, 6) is -0.376. The highest BCUT2D eigenvalue weighted by Crippen LogP contribution is 2.30. The molecule has 0 unspecified atom stereocenters. The van der Waals surface area contributed by atoms with Crippen LogP contribution >= 0.6 is 0 Å². The lowest BCUT2D eigenvalue weighted by molar-refractivity contribution is -0.141. The molecule has 0 saturated heterocycles. The third-order valence-corrected chi connectivity index (χ3v) is 2.59. The van der Waals surface area contributed by atoms with Crippen LogP contribution in [0.4, 0.5) is 39.4 Å². The average Bonchev–Trinajstić information content (AvgIpc) is 2.47. The van der Waals surface area contributed by atoms with E-state index in [-0.39, 0.29) is 17.5 Å². The normalized spacial score (nSPS) is 11.4. The molecule has 23 heavy (non-hydrogen) atoms. The fourth-order valence-corrected chi connectivity index (χ4v) is 1.64. The van der Waals surface area contributed by atoms with Gasteiger partial charge in [0.1, 0.15) is 11.6 Å². The van der Waals surface area contributed by atoms with E-state index in [1.54, 1.807) is 0 Å². The smallest absolute Gasteiger partial charge is 0.433 e. The number of ether oxygens (including phenoxy) is 1. The quantitative estimate of drug-likeness (QED) is 0.813. The van der Waals surface area contributed by atoms with Gasteiger partial charge in [-0.05, 0) is 24.3 Å². The van der Waals surface area contributed by atoms with Gasteiger partial charge in [-0.2, -0.15) is 26.9 Å². The molecule has 124 valence electrons. The average molecular weight is 334 g/mol. The first kappa shape index (κ1) is 16.7. The summed E-state index contributed by atoms with van der Waals surface area (Å²) in [4.78, 5) is 7.17. The van der Waals surface area contributed by atoms with Gasteiger partial charge in [0.15, 0.2) is 5.69 Å². The number of rotatable bonds is 5. The van der Waals surface area contributed by atoms with Crippen LogP contribution in [0.5, 0.6) is 5.75 Å². The molecule has 0 fully saturated rings. The fraction of sp³-hybridized carbons (Fsp3) is 0.231. The highest BCUT2D eigenvalue weighted by Gasteiger charge is 2.33. The zero-order chi connectivity index (χ0) is 17.0. The molecule has 2 aromatic rings. The molecule has 0 aliphatic heterocycles. The van der Waals surface area contributed by atoms with Crippen LogP contribution in [0.1, 0.15) is 5.69 Å². The number of benzene rings is 1. The van der Waals surface area contributed by atoms with Gasteiger partial charge in [0.25, 0.3) is 0 Å². The van der Waals surface area contributed by atoms with E-state index < -0.39 is 18.5 Å². The van der Waals surface area contributed by atoms with E-state index in [0.29, 0.717) is 5.69 Å². The van der Waals surface area contributed by atoms with Crippen LogP contribution in [0.25, 0.3) is 0 Å². The van der Waals surface area contributed by atoms with Crippen molar-refractivity contribution >= 4 is 17.5 Å². The summed E-state index contributed by atoms with van der Waals surface area (Å²) in [6.07, 6.45) is -4.63. The second-order valence-corrected chi connectivity index (χ2v) is 4.24. The molecule has 0 radical (unpaired) electrons. The van der Waals surface area contributed by atoms with E-state index in [0.717, 1.165) is 6.07 Å². The molecule has 1 heterocycles. The first-order chi connectivity index (χ1) is 10.8. The van der Waals surface area contributed by atoms with Crippen LogP contribution in [-0.4, -0.2) is 23.6 Å². The fourth-order valence-electron chi connectivity index (χ4n) is 1.64. The zero-order valence-electron chi connectivity index (χ0n) is 11.7. The molecule has 10 heteroatoms. The van der Waals surface area contributed by atoms with Gasteiger partial charge in [0.05, 0.1) is 0 Å². The first-order valence-electron chi connectivity index (χ1n) is 6.24. The van der Waals surface area contributed by atoms with Crippen molar-refractivity contribution in [2.75, 3.05) is 17.7 Å². The highest BCUT2D eigenvalue weighted by molar-refractivity contribution is 5.58. The molecule has 0 spiro atoms. The second-order valence-electron chi connectivity index (χ2n) is 4.24. The molecular weight excluding hydrogens is 323 g/mol. The number of nitrogens with one attached hydrogen (secondary N) is 2. The van der Waals surface area contributed by atoms with Crippen molar-refractivity contribution in [1.82, 2.24) is 9.97 Å². The Morgan fingerprint density at radius 3 is 2.26 bits per heavy atom. The summed E-state index contributed by atoms with van der Waals surface area (Å²) < 4.78 is 66.5. The minimum atomic E-state index is -4.63. The van der Waals surface area contributed by atoms with Gasteiger partial charge in [0.2, 0.25) is 5.95 Å². The van der Waals surface area contributed by atoms with Gasteiger partial charge in [-0.15, -0.1) is 0 Å². The largest absolute Gasteiger partial charge is 0.435 e. The molecule has 2 rings (SSSR count). The number of hydrogen-bond acceptors (Lipinski definition) is 5. The molecule has 1 aromatic heterocycles. The van der Waals surface area contributed by atoms with E-state index in [1.165, 1.54) is 31.3 Å². The van der Waals surface area contributed by atoms with Gasteiger partial charge in [-0.25, -0.2) is 4.98 Å². The van der Waals surface area contributed by atoms with Crippen molar-refractivity contribution in [3.05, 3.63) is 36.0 Å². The molecule has 0 atom stereocenters. The summed E-state index contributed by atoms with van der Waals surface area (Å²) in [5.41, 5.74) is -0.766. The minimum Gasteiger partial charge on any atom is -0.435 e. The Kier molecular flexibility index (Phi) is 4.82. The first-order valence-corrected chi connectivity index (χ1v) is 6.24. The summed E-state index contributed by atoms with van der Waals surface area (Å²) in [6, 6.07) is 5.97. The van der Waals surface area contributed by atoms with E-state index in [4.69, 9.17) is 0 Å².